The Morgan fingerprint density at radius 1 is 1.36 bits per heavy atom. The zero-order valence-corrected chi connectivity index (χ0v) is 8.56. The SMILES string of the molecule is C[C@@H](c1ccccc1)N1CCCC1O. The summed E-state index contributed by atoms with van der Waals surface area (Å²) >= 11 is 0. The molecule has 1 fully saturated rings. The molecular formula is C12H17NO. The van der Waals surface area contributed by atoms with Gasteiger partial charge in [-0.25, -0.2) is 0 Å². The van der Waals surface area contributed by atoms with Gasteiger partial charge in [-0.05, 0) is 25.3 Å². The Balaban J connectivity index is 2.12. The number of nitrogens with zero attached hydrogens (tertiary/aromatic N) is 1. The van der Waals surface area contributed by atoms with Crippen LogP contribution in [-0.2, 0) is 0 Å². The van der Waals surface area contributed by atoms with Crippen LogP contribution >= 0.6 is 0 Å². The molecule has 0 aromatic heterocycles. The summed E-state index contributed by atoms with van der Waals surface area (Å²) in [7, 11) is 0. The zero-order valence-electron chi connectivity index (χ0n) is 8.56. The Bertz CT molecular complexity index is 286. The molecule has 0 radical (unpaired) electrons. The van der Waals surface area contributed by atoms with E-state index in [4.69, 9.17) is 0 Å². The minimum absolute atomic E-state index is 0.245. The maximum atomic E-state index is 9.75. The monoisotopic (exact) mass is 191 g/mol. The van der Waals surface area contributed by atoms with Crippen LogP contribution in [0.25, 0.3) is 0 Å². The average molecular weight is 191 g/mol. The molecule has 1 unspecified atom stereocenters. The van der Waals surface area contributed by atoms with Gasteiger partial charge in [-0.15, -0.1) is 0 Å². The first-order valence-electron chi connectivity index (χ1n) is 5.28. The van der Waals surface area contributed by atoms with Crippen molar-refractivity contribution in [3.63, 3.8) is 0 Å². The molecule has 76 valence electrons. The van der Waals surface area contributed by atoms with Crippen molar-refractivity contribution in [3.05, 3.63) is 35.9 Å². The van der Waals surface area contributed by atoms with Crippen LogP contribution < -0.4 is 0 Å². The molecule has 2 rings (SSSR count). The molecule has 1 N–H and O–H groups in total. The van der Waals surface area contributed by atoms with E-state index in [1.807, 2.05) is 18.2 Å². The Kier molecular flexibility index (Phi) is 2.85. The number of hydrogen-bond donors (Lipinski definition) is 1. The van der Waals surface area contributed by atoms with Crippen LogP contribution in [0.3, 0.4) is 0 Å². The summed E-state index contributed by atoms with van der Waals surface area (Å²) in [6.07, 6.45) is 1.78. The van der Waals surface area contributed by atoms with Crippen molar-refractivity contribution >= 4 is 0 Å². The van der Waals surface area contributed by atoms with Gasteiger partial charge in [0.15, 0.2) is 0 Å². The van der Waals surface area contributed by atoms with Crippen LogP contribution in [0.15, 0.2) is 30.3 Å². The van der Waals surface area contributed by atoms with E-state index in [0.717, 1.165) is 19.4 Å². The van der Waals surface area contributed by atoms with E-state index in [1.165, 1.54) is 5.56 Å². The van der Waals surface area contributed by atoms with Gasteiger partial charge in [0.2, 0.25) is 0 Å². The lowest BCUT2D eigenvalue weighted by molar-refractivity contribution is 0.0127. The number of likely N-dealkylation sites (tertiary alicyclic amines) is 1. The van der Waals surface area contributed by atoms with Gasteiger partial charge in [-0.3, -0.25) is 4.90 Å². The summed E-state index contributed by atoms with van der Waals surface area (Å²) in [6, 6.07) is 10.7. The first-order valence-corrected chi connectivity index (χ1v) is 5.28. The Hall–Kier alpha value is -0.860. The fraction of sp³-hybridized carbons (Fsp3) is 0.500. The van der Waals surface area contributed by atoms with Crippen molar-refractivity contribution in [1.82, 2.24) is 4.90 Å². The topological polar surface area (TPSA) is 23.5 Å². The van der Waals surface area contributed by atoms with E-state index in [-0.39, 0.29) is 6.23 Å². The van der Waals surface area contributed by atoms with Crippen molar-refractivity contribution in [1.29, 1.82) is 0 Å². The van der Waals surface area contributed by atoms with E-state index in [2.05, 4.69) is 24.0 Å². The number of hydrogen-bond acceptors (Lipinski definition) is 2. The summed E-state index contributed by atoms with van der Waals surface area (Å²) < 4.78 is 0. The van der Waals surface area contributed by atoms with Gasteiger partial charge in [0.05, 0.1) is 0 Å². The third-order valence-corrected chi connectivity index (χ3v) is 3.04. The molecule has 2 nitrogen and oxygen atoms in total. The smallest absolute Gasteiger partial charge is 0.107 e. The maximum Gasteiger partial charge on any atom is 0.107 e. The van der Waals surface area contributed by atoms with Crippen LogP contribution in [0, 0.1) is 0 Å². The van der Waals surface area contributed by atoms with Gasteiger partial charge >= 0.3 is 0 Å². The highest BCUT2D eigenvalue weighted by Crippen LogP contribution is 2.27. The summed E-state index contributed by atoms with van der Waals surface area (Å²) in [5.41, 5.74) is 1.29. The molecule has 0 amide bonds. The minimum Gasteiger partial charge on any atom is -0.378 e. The molecular weight excluding hydrogens is 174 g/mol. The Labute approximate surface area is 85.2 Å². The minimum atomic E-state index is -0.245. The van der Waals surface area contributed by atoms with E-state index in [1.54, 1.807) is 0 Å². The number of aliphatic hydroxyl groups is 1. The molecule has 2 heteroatoms. The highest BCUT2D eigenvalue weighted by Gasteiger charge is 2.26. The summed E-state index contributed by atoms with van der Waals surface area (Å²) in [5, 5.41) is 9.75. The third kappa shape index (κ3) is 1.81. The van der Waals surface area contributed by atoms with Gasteiger partial charge in [-0.1, -0.05) is 30.3 Å². The molecule has 1 aromatic carbocycles. The first-order chi connectivity index (χ1) is 6.79. The molecule has 0 aliphatic carbocycles. The van der Waals surface area contributed by atoms with Crippen LogP contribution in [0.4, 0.5) is 0 Å². The molecule has 1 aliphatic rings. The van der Waals surface area contributed by atoms with E-state index in [9.17, 15) is 5.11 Å². The second-order valence-corrected chi connectivity index (χ2v) is 3.95. The fourth-order valence-corrected chi connectivity index (χ4v) is 2.15. The van der Waals surface area contributed by atoms with E-state index < -0.39 is 0 Å². The van der Waals surface area contributed by atoms with Crippen LogP contribution in [0.2, 0.25) is 0 Å². The van der Waals surface area contributed by atoms with Crippen molar-refractivity contribution in [2.75, 3.05) is 6.54 Å². The van der Waals surface area contributed by atoms with Crippen molar-refractivity contribution in [3.8, 4) is 0 Å². The Morgan fingerprint density at radius 2 is 2.07 bits per heavy atom. The molecule has 1 aliphatic heterocycles. The number of benzene rings is 1. The molecule has 1 heterocycles. The summed E-state index contributed by atoms with van der Waals surface area (Å²) in [6.45, 7) is 3.17. The lowest BCUT2D eigenvalue weighted by atomic mass is 10.1. The fourth-order valence-electron chi connectivity index (χ4n) is 2.15. The maximum absolute atomic E-state index is 9.75. The molecule has 2 atom stereocenters. The Morgan fingerprint density at radius 3 is 2.64 bits per heavy atom. The quantitative estimate of drug-likeness (QED) is 0.774. The van der Waals surface area contributed by atoms with Crippen LogP contribution in [0.5, 0.6) is 0 Å². The second kappa shape index (κ2) is 4.11. The molecule has 1 aromatic rings. The number of rotatable bonds is 2. The van der Waals surface area contributed by atoms with Crippen LogP contribution in [-0.4, -0.2) is 22.8 Å². The summed E-state index contributed by atoms with van der Waals surface area (Å²) in [4.78, 5) is 2.16. The standard InChI is InChI=1S/C12H17NO/c1-10(11-6-3-2-4-7-11)13-9-5-8-12(13)14/h2-4,6-7,10,12,14H,5,8-9H2,1H3/t10-,12?/m0/s1. The van der Waals surface area contributed by atoms with Crippen molar-refractivity contribution in [2.45, 2.75) is 32.0 Å². The predicted molar refractivity (Wildman–Crippen MR) is 56.8 cm³/mol. The average Bonchev–Trinajstić information content (AvgIpc) is 2.65. The van der Waals surface area contributed by atoms with Gasteiger partial charge in [0, 0.05) is 12.6 Å². The van der Waals surface area contributed by atoms with Gasteiger partial charge in [0.1, 0.15) is 6.23 Å². The highest BCUT2D eigenvalue weighted by atomic mass is 16.3. The second-order valence-electron chi connectivity index (χ2n) is 3.95. The lowest BCUT2D eigenvalue weighted by Gasteiger charge is -2.27. The van der Waals surface area contributed by atoms with Crippen molar-refractivity contribution in [2.24, 2.45) is 0 Å². The number of aliphatic hydroxyl groups excluding tert-OH is 1. The molecule has 0 saturated carbocycles. The highest BCUT2D eigenvalue weighted by molar-refractivity contribution is 5.18. The van der Waals surface area contributed by atoms with E-state index in [0.29, 0.717) is 6.04 Å². The van der Waals surface area contributed by atoms with Gasteiger partial charge < -0.3 is 5.11 Å². The van der Waals surface area contributed by atoms with Gasteiger partial charge in [-0.2, -0.15) is 0 Å². The first kappa shape index (κ1) is 9.69. The lowest BCUT2D eigenvalue weighted by Crippen LogP contribution is -2.31. The largest absolute Gasteiger partial charge is 0.378 e. The molecule has 0 spiro atoms. The zero-order chi connectivity index (χ0) is 9.97. The molecule has 0 bridgehead atoms. The van der Waals surface area contributed by atoms with Gasteiger partial charge in [0.25, 0.3) is 0 Å². The van der Waals surface area contributed by atoms with E-state index >= 15 is 0 Å². The molecule has 14 heavy (non-hydrogen) atoms. The predicted octanol–water partition coefficient (Wildman–Crippen LogP) is 2.16. The van der Waals surface area contributed by atoms with Crippen LogP contribution in [0.1, 0.15) is 31.4 Å². The van der Waals surface area contributed by atoms with Crippen molar-refractivity contribution < 1.29 is 5.11 Å². The third-order valence-electron chi connectivity index (χ3n) is 3.04. The normalized spacial score (nSPS) is 25.1. The molecule has 1 saturated heterocycles. The summed E-state index contributed by atoms with van der Waals surface area (Å²) in [5.74, 6) is 0.